The van der Waals surface area contributed by atoms with Gasteiger partial charge in [0.1, 0.15) is 11.6 Å². The number of esters is 1. The van der Waals surface area contributed by atoms with Crippen molar-refractivity contribution in [3.63, 3.8) is 0 Å². The molecule has 0 aromatic heterocycles. The van der Waals surface area contributed by atoms with Crippen LogP contribution in [0, 0.1) is 5.82 Å². The third-order valence-electron chi connectivity index (χ3n) is 2.55. The highest BCUT2D eigenvalue weighted by atomic mass is 19.1. The number of hydrogen-bond donors (Lipinski definition) is 1. The molecule has 0 saturated heterocycles. The molecule has 0 atom stereocenters. The van der Waals surface area contributed by atoms with Crippen LogP contribution in [-0.4, -0.2) is 18.2 Å². The maximum absolute atomic E-state index is 13.5. The Morgan fingerprint density at radius 2 is 1.89 bits per heavy atom. The predicted molar refractivity (Wildman–Crippen MR) is 64.8 cm³/mol. The first kappa shape index (κ1) is 12.1. The number of phenolic OH excluding ortho intramolecular Hbond substituents is 1. The third-order valence-corrected chi connectivity index (χ3v) is 2.55. The minimum atomic E-state index is -0.727. The summed E-state index contributed by atoms with van der Waals surface area (Å²) in [7, 11) is 1.20. The number of ether oxygens (including phenoxy) is 1. The molecule has 0 spiro atoms. The Bertz CT molecular complexity index is 593. The average Bonchev–Trinajstić information content (AvgIpc) is 2.38. The first-order valence-corrected chi connectivity index (χ1v) is 5.29. The fourth-order valence-electron chi connectivity index (χ4n) is 1.66. The molecule has 0 aliphatic carbocycles. The molecule has 2 aromatic carbocycles. The number of carbonyl (C=O) groups is 1. The molecule has 92 valence electrons. The molecule has 0 bridgehead atoms. The van der Waals surface area contributed by atoms with Gasteiger partial charge in [0.15, 0.2) is 0 Å². The van der Waals surface area contributed by atoms with Crippen LogP contribution in [0.1, 0.15) is 10.4 Å². The summed E-state index contributed by atoms with van der Waals surface area (Å²) in [6, 6.07) is 10.6. The Morgan fingerprint density at radius 1 is 1.17 bits per heavy atom. The standard InChI is InChI=1S/C14H11FO3/c1-18-14(17)12-8-10(5-6-13(12)15)9-3-2-4-11(16)7-9/h2-8,16H,1H3. The van der Waals surface area contributed by atoms with Gasteiger partial charge in [-0.05, 0) is 35.4 Å². The molecule has 0 aliphatic rings. The quantitative estimate of drug-likeness (QED) is 0.828. The summed E-state index contributed by atoms with van der Waals surface area (Å²) in [5.74, 6) is -1.25. The lowest BCUT2D eigenvalue weighted by atomic mass is 10.0. The van der Waals surface area contributed by atoms with Gasteiger partial charge in [-0.3, -0.25) is 0 Å². The van der Waals surface area contributed by atoms with Crippen molar-refractivity contribution in [1.82, 2.24) is 0 Å². The summed E-state index contributed by atoms with van der Waals surface area (Å²) in [5, 5.41) is 9.39. The van der Waals surface area contributed by atoms with Crippen LogP contribution in [-0.2, 0) is 4.74 Å². The summed E-state index contributed by atoms with van der Waals surface area (Å²) in [4.78, 5) is 11.4. The second-order valence-electron chi connectivity index (χ2n) is 3.74. The Hall–Kier alpha value is -2.36. The van der Waals surface area contributed by atoms with Gasteiger partial charge in [0.2, 0.25) is 0 Å². The first-order chi connectivity index (χ1) is 8.61. The number of methoxy groups -OCH3 is 1. The molecule has 0 saturated carbocycles. The van der Waals surface area contributed by atoms with Gasteiger partial charge in [0, 0.05) is 0 Å². The van der Waals surface area contributed by atoms with E-state index >= 15 is 0 Å². The Morgan fingerprint density at radius 3 is 2.56 bits per heavy atom. The lowest BCUT2D eigenvalue weighted by Crippen LogP contribution is -2.04. The van der Waals surface area contributed by atoms with E-state index in [-0.39, 0.29) is 11.3 Å². The molecule has 3 nitrogen and oxygen atoms in total. The van der Waals surface area contributed by atoms with Gasteiger partial charge >= 0.3 is 5.97 Å². The van der Waals surface area contributed by atoms with Crippen LogP contribution in [0.4, 0.5) is 4.39 Å². The molecule has 2 rings (SSSR count). The number of rotatable bonds is 2. The highest BCUT2D eigenvalue weighted by molar-refractivity contribution is 5.91. The molecular formula is C14H11FO3. The predicted octanol–water partition coefficient (Wildman–Crippen LogP) is 2.98. The second kappa shape index (κ2) is 4.87. The first-order valence-electron chi connectivity index (χ1n) is 5.29. The fourth-order valence-corrected chi connectivity index (χ4v) is 1.66. The number of benzene rings is 2. The number of halogens is 1. The number of aromatic hydroxyl groups is 1. The molecule has 0 radical (unpaired) electrons. The molecule has 0 unspecified atom stereocenters. The zero-order chi connectivity index (χ0) is 13.1. The van der Waals surface area contributed by atoms with Gasteiger partial charge in [-0.15, -0.1) is 0 Å². The highest BCUT2D eigenvalue weighted by Crippen LogP contribution is 2.25. The molecular weight excluding hydrogens is 235 g/mol. The monoisotopic (exact) mass is 246 g/mol. The van der Waals surface area contributed by atoms with Crippen molar-refractivity contribution in [2.75, 3.05) is 7.11 Å². The Labute approximate surface area is 103 Å². The third kappa shape index (κ3) is 2.32. The van der Waals surface area contributed by atoms with Crippen LogP contribution in [0.15, 0.2) is 42.5 Å². The SMILES string of the molecule is COC(=O)c1cc(-c2cccc(O)c2)ccc1F. The summed E-state index contributed by atoms with van der Waals surface area (Å²) >= 11 is 0. The highest BCUT2D eigenvalue weighted by Gasteiger charge is 2.13. The van der Waals surface area contributed by atoms with E-state index in [0.717, 1.165) is 0 Å². The zero-order valence-electron chi connectivity index (χ0n) is 9.68. The van der Waals surface area contributed by atoms with Gasteiger partial charge in [-0.25, -0.2) is 9.18 Å². The minimum Gasteiger partial charge on any atom is -0.508 e. The van der Waals surface area contributed by atoms with E-state index in [1.165, 1.54) is 37.4 Å². The molecule has 2 aromatic rings. The minimum absolute atomic E-state index is 0.108. The van der Waals surface area contributed by atoms with Crippen molar-refractivity contribution in [2.45, 2.75) is 0 Å². The maximum atomic E-state index is 13.5. The molecule has 4 heteroatoms. The van der Waals surface area contributed by atoms with Crippen molar-refractivity contribution >= 4 is 5.97 Å². The van der Waals surface area contributed by atoms with Crippen molar-refractivity contribution < 1.29 is 19.0 Å². The van der Waals surface area contributed by atoms with E-state index in [1.807, 2.05) is 0 Å². The summed E-state index contributed by atoms with van der Waals surface area (Å²) in [6.07, 6.45) is 0. The molecule has 18 heavy (non-hydrogen) atoms. The van der Waals surface area contributed by atoms with Crippen molar-refractivity contribution in [1.29, 1.82) is 0 Å². The van der Waals surface area contributed by atoms with Gasteiger partial charge < -0.3 is 9.84 Å². The lowest BCUT2D eigenvalue weighted by molar-refractivity contribution is 0.0595. The average molecular weight is 246 g/mol. The van der Waals surface area contributed by atoms with Crippen LogP contribution in [0.3, 0.4) is 0 Å². The fraction of sp³-hybridized carbons (Fsp3) is 0.0714. The summed E-state index contributed by atoms with van der Waals surface area (Å²) in [6.45, 7) is 0. The molecule has 0 aliphatic heterocycles. The Kier molecular flexibility index (Phi) is 3.28. The van der Waals surface area contributed by atoms with Crippen LogP contribution in [0.5, 0.6) is 5.75 Å². The van der Waals surface area contributed by atoms with E-state index < -0.39 is 11.8 Å². The second-order valence-corrected chi connectivity index (χ2v) is 3.74. The van der Waals surface area contributed by atoms with Gasteiger partial charge in [0.05, 0.1) is 12.7 Å². The van der Waals surface area contributed by atoms with Crippen LogP contribution >= 0.6 is 0 Å². The molecule has 0 amide bonds. The van der Waals surface area contributed by atoms with Crippen molar-refractivity contribution in [2.24, 2.45) is 0 Å². The van der Waals surface area contributed by atoms with E-state index in [2.05, 4.69) is 4.74 Å². The smallest absolute Gasteiger partial charge is 0.340 e. The van der Waals surface area contributed by atoms with Crippen LogP contribution < -0.4 is 0 Å². The Balaban J connectivity index is 2.50. The van der Waals surface area contributed by atoms with Gasteiger partial charge in [0.25, 0.3) is 0 Å². The summed E-state index contributed by atoms with van der Waals surface area (Å²) in [5.41, 5.74) is 1.20. The number of hydrogen-bond acceptors (Lipinski definition) is 3. The molecule has 0 fully saturated rings. The van der Waals surface area contributed by atoms with E-state index in [9.17, 15) is 14.3 Å². The van der Waals surface area contributed by atoms with E-state index in [0.29, 0.717) is 11.1 Å². The van der Waals surface area contributed by atoms with Crippen molar-refractivity contribution in [3.8, 4) is 16.9 Å². The largest absolute Gasteiger partial charge is 0.508 e. The summed E-state index contributed by atoms with van der Waals surface area (Å²) < 4.78 is 18.0. The normalized spacial score (nSPS) is 10.1. The topological polar surface area (TPSA) is 46.5 Å². The van der Waals surface area contributed by atoms with E-state index in [4.69, 9.17) is 0 Å². The van der Waals surface area contributed by atoms with E-state index in [1.54, 1.807) is 12.1 Å². The number of carbonyl (C=O) groups excluding carboxylic acids is 1. The van der Waals surface area contributed by atoms with Gasteiger partial charge in [-0.1, -0.05) is 18.2 Å². The van der Waals surface area contributed by atoms with Gasteiger partial charge in [-0.2, -0.15) is 0 Å². The maximum Gasteiger partial charge on any atom is 0.340 e. The molecule has 0 heterocycles. The van der Waals surface area contributed by atoms with Crippen LogP contribution in [0.25, 0.3) is 11.1 Å². The molecule has 1 N–H and O–H groups in total. The zero-order valence-corrected chi connectivity index (χ0v) is 9.68. The van der Waals surface area contributed by atoms with Crippen LogP contribution in [0.2, 0.25) is 0 Å². The number of phenols is 1. The lowest BCUT2D eigenvalue weighted by Gasteiger charge is -2.06. The van der Waals surface area contributed by atoms with Crippen molar-refractivity contribution in [3.05, 3.63) is 53.8 Å².